The molecule has 28 heavy (non-hydrogen) atoms. The number of rotatable bonds is 3. The molecule has 2 aliphatic rings. The smallest absolute Gasteiger partial charge is 0.142 e. The fourth-order valence-corrected chi connectivity index (χ4v) is 5.22. The Morgan fingerprint density at radius 2 is 1.79 bits per heavy atom. The third-order valence-corrected chi connectivity index (χ3v) is 6.75. The summed E-state index contributed by atoms with van der Waals surface area (Å²) in [5.74, 6) is 1.76. The molecule has 2 unspecified atom stereocenters. The molecule has 1 aromatic heterocycles. The van der Waals surface area contributed by atoms with E-state index in [2.05, 4.69) is 47.4 Å². The number of piperidine rings is 1. The molecule has 146 valence electrons. The minimum absolute atomic E-state index is 0. The molecule has 3 aromatic rings. The van der Waals surface area contributed by atoms with E-state index in [1.165, 1.54) is 18.4 Å². The van der Waals surface area contributed by atoms with Crippen molar-refractivity contribution in [1.29, 1.82) is 0 Å². The number of benzene rings is 2. The lowest BCUT2D eigenvalue weighted by molar-refractivity contribution is 0.122. The molecule has 0 aliphatic carbocycles. The van der Waals surface area contributed by atoms with Crippen molar-refractivity contribution in [3.63, 3.8) is 0 Å². The van der Waals surface area contributed by atoms with E-state index in [1.807, 2.05) is 30.3 Å². The number of likely N-dealkylation sites (N-methyl/N-ethyl adjacent to an activating group) is 1. The Kier molecular flexibility index (Phi) is 5.50. The van der Waals surface area contributed by atoms with Gasteiger partial charge >= 0.3 is 0 Å². The SMILES string of the molecule is CN1C2CCC1[C@@H](c1cc(-c3ccccc3)no1)[C@@H](c1ccc(Cl)cc1)C2.Cl. The monoisotopic (exact) mass is 414 g/mol. The largest absolute Gasteiger partial charge is 0.360 e. The molecular weight excluding hydrogens is 391 g/mol. The molecule has 2 aliphatic heterocycles. The van der Waals surface area contributed by atoms with Crippen LogP contribution in [0.2, 0.25) is 5.02 Å². The Morgan fingerprint density at radius 1 is 1.04 bits per heavy atom. The number of fused-ring (bicyclic) bond motifs is 2. The van der Waals surface area contributed by atoms with Crippen LogP contribution in [-0.2, 0) is 0 Å². The van der Waals surface area contributed by atoms with Crippen LogP contribution in [0.1, 0.15) is 42.4 Å². The number of hydrogen-bond acceptors (Lipinski definition) is 3. The van der Waals surface area contributed by atoms with Gasteiger partial charge < -0.3 is 4.52 Å². The minimum atomic E-state index is 0. The van der Waals surface area contributed by atoms with Crippen LogP contribution >= 0.6 is 24.0 Å². The summed E-state index contributed by atoms with van der Waals surface area (Å²) in [6.45, 7) is 0. The molecule has 0 N–H and O–H groups in total. The molecule has 5 rings (SSSR count). The van der Waals surface area contributed by atoms with Crippen molar-refractivity contribution < 1.29 is 4.52 Å². The molecule has 3 nitrogen and oxygen atoms in total. The molecule has 0 saturated carbocycles. The molecule has 0 radical (unpaired) electrons. The molecule has 4 atom stereocenters. The second kappa shape index (κ2) is 7.90. The molecule has 2 saturated heterocycles. The lowest BCUT2D eigenvalue weighted by atomic mass is 9.75. The van der Waals surface area contributed by atoms with E-state index < -0.39 is 0 Å². The van der Waals surface area contributed by atoms with Gasteiger partial charge in [0.1, 0.15) is 11.5 Å². The molecule has 5 heteroatoms. The van der Waals surface area contributed by atoms with Crippen LogP contribution in [0.25, 0.3) is 11.3 Å². The summed E-state index contributed by atoms with van der Waals surface area (Å²) >= 11 is 6.13. The van der Waals surface area contributed by atoms with E-state index >= 15 is 0 Å². The van der Waals surface area contributed by atoms with Crippen molar-refractivity contribution >= 4 is 24.0 Å². The maximum Gasteiger partial charge on any atom is 0.142 e. The van der Waals surface area contributed by atoms with Crippen LogP contribution in [0, 0.1) is 0 Å². The fourth-order valence-electron chi connectivity index (χ4n) is 5.10. The molecular formula is C23H24Cl2N2O. The Bertz CT molecular complexity index is 925. The summed E-state index contributed by atoms with van der Waals surface area (Å²) in [6, 6.07) is 21.9. The summed E-state index contributed by atoms with van der Waals surface area (Å²) in [7, 11) is 2.27. The average Bonchev–Trinajstić information content (AvgIpc) is 3.26. The van der Waals surface area contributed by atoms with Gasteiger partial charge in [-0.1, -0.05) is 59.2 Å². The maximum atomic E-state index is 6.13. The van der Waals surface area contributed by atoms with Gasteiger partial charge in [-0.15, -0.1) is 12.4 Å². The highest BCUT2D eigenvalue weighted by molar-refractivity contribution is 6.30. The van der Waals surface area contributed by atoms with E-state index in [0.717, 1.165) is 28.5 Å². The van der Waals surface area contributed by atoms with Gasteiger partial charge in [0.25, 0.3) is 0 Å². The maximum absolute atomic E-state index is 6.13. The third-order valence-electron chi connectivity index (χ3n) is 6.49. The average molecular weight is 415 g/mol. The zero-order chi connectivity index (χ0) is 18.4. The van der Waals surface area contributed by atoms with E-state index in [9.17, 15) is 0 Å². The predicted octanol–water partition coefficient (Wildman–Crippen LogP) is 6.15. The Morgan fingerprint density at radius 3 is 2.54 bits per heavy atom. The van der Waals surface area contributed by atoms with Crippen molar-refractivity contribution in [3.05, 3.63) is 77.0 Å². The number of nitrogens with zero attached hydrogens (tertiary/aromatic N) is 2. The van der Waals surface area contributed by atoms with Crippen LogP contribution in [0.15, 0.2) is 65.2 Å². The van der Waals surface area contributed by atoms with Crippen molar-refractivity contribution in [2.75, 3.05) is 7.05 Å². The minimum Gasteiger partial charge on any atom is -0.360 e. The Labute approximate surface area is 177 Å². The van der Waals surface area contributed by atoms with Crippen molar-refractivity contribution in [1.82, 2.24) is 10.1 Å². The highest BCUT2D eigenvalue weighted by atomic mass is 35.5. The van der Waals surface area contributed by atoms with Gasteiger partial charge in [0, 0.05) is 34.7 Å². The zero-order valence-electron chi connectivity index (χ0n) is 15.8. The molecule has 0 amide bonds. The predicted molar refractivity (Wildman–Crippen MR) is 115 cm³/mol. The van der Waals surface area contributed by atoms with Crippen LogP contribution in [0.3, 0.4) is 0 Å². The second-order valence-electron chi connectivity index (χ2n) is 7.86. The molecule has 2 aromatic carbocycles. The summed E-state index contributed by atoms with van der Waals surface area (Å²) in [4.78, 5) is 2.56. The van der Waals surface area contributed by atoms with Gasteiger partial charge in [0.2, 0.25) is 0 Å². The third kappa shape index (κ3) is 3.36. The quantitative estimate of drug-likeness (QED) is 0.514. The van der Waals surface area contributed by atoms with E-state index in [1.54, 1.807) is 0 Å². The van der Waals surface area contributed by atoms with E-state index in [4.69, 9.17) is 16.1 Å². The van der Waals surface area contributed by atoms with Crippen LogP contribution < -0.4 is 0 Å². The fraction of sp³-hybridized carbons (Fsp3) is 0.348. The Hall–Kier alpha value is -1.81. The van der Waals surface area contributed by atoms with Crippen LogP contribution in [-0.4, -0.2) is 29.2 Å². The van der Waals surface area contributed by atoms with Gasteiger partial charge in [0.15, 0.2) is 0 Å². The van der Waals surface area contributed by atoms with Gasteiger partial charge in [0.05, 0.1) is 0 Å². The van der Waals surface area contributed by atoms with Gasteiger partial charge in [-0.3, -0.25) is 4.90 Å². The topological polar surface area (TPSA) is 29.3 Å². The highest BCUT2D eigenvalue weighted by Crippen LogP contribution is 2.51. The normalized spacial score (nSPS) is 26.8. The summed E-state index contributed by atoms with van der Waals surface area (Å²) in [6.07, 6.45) is 3.64. The van der Waals surface area contributed by atoms with E-state index in [-0.39, 0.29) is 12.4 Å². The number of halogens is 2. The molecule has 2 fully saturated rings. The van der Waals surface area contributed by atoms with Gasteiger partial charge in [-0.2, -0.15) is 0 Å². The highest BCUT2D eigenvalue weighted by Gasteiger charge is 2.48. The van der Waals surface area contributed by atoms with Crippen LogP contribution in [0.5, 0.6) is 0 Å². The van der Waals surface area contributed by atoms with E-state index in [0.29, 0.717) is 23.9 Å². The van der Waals surface area contributed by atoms with Gasteiger partial charge in [-0.05, 0) is 49.9 Å². The molecule has 2 bridgehead atoms. The summed E-state index contributed by atoms with van der Waals surface area (Å²) in [5, 5.41) is 5.19. The van der Waals surface area contributed by atoms with Crippen molar-refractivity contribution in [2.45, 2.75) is 43.2 Å². The first kappa shape index (κ1) is 19.5. The van der Waals surface area contributed by atoms with Crippen molar-refractivity contribution in [3.8, 4) is 11.3 Å². The van der Waals surface area contributed by atoms with Gasteiger partial charge in [-0.25, -0.2) is 0 Å². The molecule has 0 spiro atoms. The lowest BCUT2D eigenvalue weighted by Gasteiger charge is -2.42. The number of hydrogen-bond donors (Lipinski definition) is 0. The lowest BCUT2D eigenvalue weighted by Crippen LogP contribution is -2.44. The second-order valence-corrected chi connectivity index (χ2v) is 8.30. The van der Waals surface area contributed by atoms with Crippen molar-refractivity contribution in [2.24, 2.45) is 0 Å². The first-order valence-electron chi connectivity index (χ1n) is 9.70. The summed E-state index contributed by atoms with van der Waals surface area (Å²) < 4.78 is 5.93. The first-order chi connectivity index (χ1) is 13.2. The summed E-state index contributed by atoms with van der Waals surface area (Å²) in [5.41, 5.74) is 3.37. The Balaban J connectivity index is 0.00000192. The number of aromatic nitrogens is 1. The zero-order valence-corrected chi connectivity index (χ0v) is 17.4. The first-order valence-corrected chi connectivity index (χ1v) is 10.1. The van der Waals surface area contributed by atoms with Crippen LogP contribution in [0.4, 0.5) is 0 Å². The molecule has 3 heterocycles. The standard InChI is InChI=1S/C23H23ClN2O.ClH/c1-26-18-11-12-21(26)23(19(13-18)15-7-9-17(24)10-8-15)22-14-20(25-27-22)16-5-3-2-4-6-16;/h2-10,14,18-19,21,23H,11-13H2,1H3;1H/t18?,19-,21?,23+;/m1./s1.